The number of aryl methyl sites for hydroxylation is 1. The molecular weight excluding hydrogens is 689 g/mol. The lowest BCUT2D eigenvalue weighted by atomic mass is 9.93. The van der Waals surface area contributed by atoms with Crippen LogP contribution in [0.15, 0.2) is 97.1 Å². The fourth-order valence-corrected chi connectivity index (χ4v) is 7.33. The molecule has 0 saturated carbocycles. The van der Waals surface area contributed by atoms with E-state index in [-0.39, 0.29) is 23.6 Å². The van der Waals surface area contributed by atoms with E-state index in [0.29, 0.717) is 56.7 Å². The maximum atomic E-state index is 13.9. The number of carbonyl (C=O) groups excluding carboxylic acids is 2. The van der Waals surface area contributed by atoms with Crippen LogP contribution in [0.4, 0.5) is 5.69 Å². The second-order valence-electron chi connectivity index (χ2n) is 12.7. The molecule has 0 radical (unpaired) electrons. The molecule has 1 aromatic heterocycles. The molecule has 1 saturated heterocycles. The molecule has 1 fully saturated rings. The van der Waals surface area contributed by atoms with Crippen molar-refractivity contribution in [1.82, 2.24) is 20.0 Å². The van der Waals surface area contributed by atoms with Gasteiger partial charge in [0, 0.05) is 51.9 Å². The Hall–Kier alpha value is -4.14. The maximum Gasteiger partial charge on any atom is 0.276 e. The van der Waals surface area contributed by atoms with Crippen LogP contribution < -0.4 is 10.6 Å². The number of hydrogen-bond donors (Lipinski definition) is 2. The Morgan fingerprint density at radius 2 is 1.66 bits per heavy atom. The van der Waals surface area contributed by atoms with Crippen LogP contribution in [-0.2, 0) is 17.8 Å². The van der Waals surface area contributed by atoms with Gasteiger partial charge in [-0.3, -0.25) is 9.59 Å². The van der Waals surface area contributed by atoms with Gasteiger partial charge in [-0.25, -0.2) is 4.68 Å². The Bertz CT molecular complexity index is 1960. The quantitative estimate of drug-likeness (QED) is 0.142. The zero-order chi connectivity index (χ0) is 35.2. The Balaban J connectivity index is 1.21. The molecule has 0 spiro atoms. The van der Waals surface area contributed by atoms with Gasteiger partial charge in [0.25, 0.3) is 5.91 Å². The molecule has 2 unspecified atom stereocenters. The molecule has 4 aromatic carbocycles. The summed E-state index contributed by atoms with van der Waals surface area (Å²) >= 11 is 19.0. The molecule has 258 valence electrons. The van der Waals surface area contributed by atoms with E-state index in [0.717, 1.165) is 43.4 Å². The lowest BCUT2D eigenvalue weighted by Gasteiger charge is -2.38. The Morgan fingerprint density at radius 1 is 0.920 bits per heavy atom. The number of benzene rings is 4. The molecular formula is C40H40Cl3N5O2. The first-order valence-corrected chi connectivity index (χ1v) is 18.1. The van der Waals surface area contributed by atoms with E-state index < -0.39 is 0 Å². The van der Waals surface area contributed by atoms with Crippen molar-refractivity contribution in [1.29, 1.82) is 0 Å². The highest BCUT2D eigenvalue weighted by Gasteiger charge is 2.29. The third-order valence-electron chi connectivity index (χ3n) is 9.29. The average molecular weight is 729 g/mol. The van der Waals surface area contributed by atoms with Crippen molar-refractivity contribution in [2.24, 2.45) is 0 Å². The van der Waals surface area contributed by atoms with Gasteiger partial charge in [-0.15, -0.1) is 0 Å². The highest BCUT2D eigenvalue weighted by molar-refractivity contribution is 6.35. The van der Waals surface area contributed by atoms with Gasteiger partial charge >= 0.3 is 0 Å². The van der Waals surface area contributed by atoms with Gasteiger partial charge < -0.3 is 15.5 Å². The van der Waals surface area contributed by atoms with Gasteiger partial charge in [0.05, 0.1) is 16.4 Å². The van der Waals surface area contributed by atoms with Crippen molar-refractivity contribution in [3.05, 3.63) is 135 Å². The molecule has 50 heavy (non-hydrogen) atoms. The first-order valence-electron chi connectivity index (χ1n) is 17.0. The minimum absolute atomic E-state index is 0.130. The molecule has 0 bridgehead atoms. The van der Waals surface area contributed by atoms with E-state index in [1.165, 1.54) is 5.56 Å². The summed E-state index contributed by atoms with van der Waals surface area (Å²) < 4.78 is 1.67. The highest BCUT2D eigenvalue weighted by atomic mass is 35.5. The van der Waals surface area contributed by atoms with Gasteiger partial charge in [-0.1, -0.05) is 96.3 Å². The van der Waals surface area contributed by atoms with Crippen LogP contribution in [0.5, 0.6) is 0 Å². The number of rotatable bonds is 11. The lowest BCUT2D eigenvalue weighted by Crippen LogP contribution is -2.49. The third-order valence-corrected chi connectivity index (χ3v) is 10.1. The lowest BCUT2D eigenvalue weighted by molar-refractivity contribution is -0.134. The summed E-state index contributed by atoms with van der Waals surface area (Å²) in [5.41, 5.74) is 5.95. The first kappa shape index (κ1) is 35.7. The van der Waals surface area contributed by atoms with Crippen molar-refractivity contribution >= 4 is 52.3 Å². The third kappa shape index (κ3) is 8.41. The summed E-state index contributed by atoms with van der Waals surface area (Å²) in [7, 11) is 0. The topological polar surface area (TPSA) is 79.3 Å². The van der Waals surface area contributed by atoms with E-state index in [1.54, 1.807) is 35.0 Å². The smallest absolute Gasteiger partial charge is 0.276 e. The van der Waals surface area contributed by atoms with Crippen LogP contribution in [0, 0.1) is 6.92 Å². The second-order valence-corrected chi connectivity index (χ2v) is 14.0. The molecule has 10 heteroatoms. The number of amides is 2. The van der Waals surface area contributed by atoms with Gasteiger partial charge in [-0.05, 0) is 92.7 Å². The Kier molecular flexibility index (Phi) is 11.6. The van der Waals surface area contributed by atoms with Crippen molar-refractivity contribution < 1.29 is 9.59 Å². The molecule has 1 aliphatic rings. The molecule has 1 aliphatic heterocycles. The summed E-state index contributed by atoms with van der Waals surface area (Å²) in [5, 5.41) is 13.0. The minimum atomic E-state index is -0.361. The summed E-state index contributed by atoms with van der Waals surface area (Å²) in [4.78, 5) is 29.2. The van der Waals surface area contributed by atoms with Crippen LogP contribution in [0.25, 0.3) is 16.9 Å². The van der Waals surface area contributed by atoms with Crippen molar-refractivity contribution in [2.75, 3.05) is 11.9 Å². The maximum absolute atomic E-state index is 13.9. The summed E-state index contributed by atoms with van der Waals surface area (Å²) in [6, 6.07) is 31.2. The molecule has 0 aliphatic carbocycles. The van der Waals surface area contributed by atoms with Gasteiger partial charge in [0.1, 0.15) is 0 Å². The van der Waals surface area contributed by atoms with Crippen molar-refractivity contribution in [2.45, 2.75) is 64.6 Å². The summed E-state index contributed by atoms with van der Waals surface area (Å²) in [6.07, 6.45) is 4.27. The summed E-state index contributed by atoms with van der Waals surface area (Å²) in [6.45, 7) is 5.12. The van der Waals surface area contributed by atoms with E-state index in [2.05, 4.69) is 34.9 Å². The second kappa shape index (κ2) is 16.3. The Morgan fingerprint density at radius 3 is 2.40 bits per heavy atom. The Labute approximate surface area is 308 Å². The average Bonchev–Trinajstić information content (AvgIpc) is 3.47. The molecule has 6 rings (SSSR count). The van der Waals surface area contributed by atoms with Gasteiger partial charge in [0.2, 0.25) is 5.91 Å². The standard InChI is InChI=1S/C40H40Cl3N5O2/c1-3-37(49)47(34-20-21-44-32(24-34)18-12-27-8-5-4-6-9-27)25-28-10-7-11-33(22-28)45-40(50)38-26(2)39(29-13-15-30(41)16-14-29)48(46-38)36-19-17-31(42)23-35(36)43/h4-11,13-17,19,22-23,32,34,44H,3,12,18,20-21,24-25H2,1-2H3,(H,45,50). The molecule has 2 amide bonds. The van der Waals surface area contributed by atoms with Crippen LogP contribution in [0.3, 0.4) is 0 Å². The zero-order valence-corrected chi connectivity index (χ0v) is 30.4. The van der Waals surface area contributed by atoms with Crippen LogP contribution >= 0.6 is 34.8 Å². The highest BCUT2D eigenvalue weighted by Crippen LogP contribution is 2.34. The number of nitrogens with one attached hydrogen (secondary N) is 2. The van der Waals surface area contributed by atoms with Crippen molar-refractivity contribution in [3.8, 4) is 16.9 Å². The fraction of sp³-hybridized carbons (Fsp3) is 0.275. The molecule has 5 aromatic rings. The first-order chi connectivity index (χ1) is 24.2. The number of piperidine rings is 1. The number of anilines is 1. The van der Waals surface area contributed by atoms with E-state index >= 15 is 0 Å². The summed E-state index contributed by atoms with van der Waals surface area (Å²) in [5.74, 6) is -0.232. The molecule has 2 N–H and O–H groups in total. The van der Waals surface area contributed by atoms with Crippen LogP contribution in [0.1, 0.15) is 59.8 Å². The van der Waals surface area contributed by atoms with E-state index in [1.807, 2.05) is 61.2 Å². The number of nitrogens with zero attached hydrogens (tertiary/aromatic N) is 3. The predicted molar refractivity (Wildman–Crippen MR) is 204 cm³/mol. The fourth-order valence-electron chi connectivity index (χ4n) is 6.72. The number of aromatic nitrogens is 2. The zero-order valence-electron chi connectivity index (χ0n) is 28.1. The van der Waals surface area contributed by atoms with Crippen molar-refractivity contribution in [3.63, 3.8) is 0 Å². The van der Waals surface area contributed by atoms with Crippen LogP contribution in [0.2, 0.25) is 15.1 Å². The van der Waals surface area contributed by atoms with Gasteiger partial charge in [0.15, 0.2) is 5.69 Å². The van der Waals surface area contributed by atoms with E-state index in [4.69, 9.17) is 39.9 Å². The van der Waals surface area contributed by atoms with Gasteiger partial charge in [-0.2, -0.15) is 5.10 Å². The number of halogens is 3. The van der Waals surface area contributed by atoms with Crippen LogP contribution in [-0.4, -0.2) is 45.1 Å². The number of carbonyl (C=O) groups is 2. The minimum Gasteiger partial charge on any atom is -0.335 e. The molecule has 7 nitrogen and oxygen atoms in total. The largest absolute Gasteiger partial charge is 0.335 e. The monoisotopic (exact) mass is 727 g/mol. The van der Waals surface area contributed by atoms with E-state index in [9.17, 15) is 9.59 Å². The normalized spacial score (nSPS) is 15.9. The SMILES string of the molecule is CCC(=O)N(Cc1cccc(NC(=O)c2nn(-c3ccc(Cl)cc3Cl)c(-c3ccc(Cl)cc3)c2C)c1)C1CCNC(CCc2ccccc2)C1. The molecule has 2 heterocycles. The number of hydrogen-bond acceptors (Lipinski definition) is 4. The predicted octanol–water partition coefficient (Wildman–Crippen LogP) is 9.55. The molecule has 2 atom stereocenters.